The van der Waals surface area contributed by atoms with Crippen molar-refractivity contribution < 1.29 is 19.1 Å². The third-order valence-corrected chi connectivity index (χ3v) is 2.29. The average molecular weight is 247 g/mol. The molecule has 0 radical (unpaired) electrons. The van der Waals surface area contributed by atoms with E-state index in [1.165, 1.54) is 6.92 Å². The number of nitrogens with one attached hydrogen (secondary N) is 1. The zero-order valence-corrected chi connectivity index (χ0v) is 10.1. The van der Waals surface area contributed by atoms with Gasteiger partial charge in [0.15, 0.2) is 6.23 Å². The van der Waals surface area contributed by atoms with Crippen molar-refractivity contribution in [1.29, 1.82) is 0 Å². The molecular formula is C13H13NO4. The van der Waals surface area contributed by atoms with E-state index in [1.807, 2.05) is 0 Å². The summed E-state index contributed by atoms with van der Waals surface area (Å²) in [6.07, 6.45) is 1.33. The Kier molecular flexibility index (Phi) is 3.32. The molecule has 1 unspecified atom stereocenters. The van der Waals surface area contributed by atoms with Crippen molar-refractivity contribution in [3.63, 3.8) is 0 Å². The van der Waals surface area contributed by atoms with Crippen LogP contribution in [0.1, 0.15) is 19.4 Å². The maximum absolute atomic E-state index is 11.4. The summed E-state index contributed by atoms with van der Waals surface area (Å²) in [7, 11) is 0. The van der Waals surface area contributed by atoms with Crippen LogP contribution in [0.25, 0.3) is 6.08 Å². The standard InChI is InChI=1S/C13H13NO4/c1-8-14-12(13(16)17-8)7-10-4-3-5-11(6-10)18-9(2)15/h3-8,14H,1-2H3. The highest BCUT2D eigenvalue weighted by molar-refractivity contribution is 5.94. The molecule has 1 aromatic rings. The van der Waals surface area contributed by atoms with Crippen LogP contribution in [-0.4, -0.2) is 18.2 Å². The third kappa shape index (κ3) is 2.88. The second-order valence-electron chi connectivity index (χ2n) is 3.92. The summed E-state index contributed by atoms with van der Waals surface area (Å²) < 4.78 is 9.90. The van der Waals surface area contributed by atoms with E-state index in [4.69, 9.17) is 9.47 Å². The van der Waals surface area contributed by atoms with E-state index in [0.29, 0.717) is 11.4 Å². The van der Waals surface area contributed by atoms with Gasteiger partial charge in [0, 0.05) is 6.92 Å². The largest absolute Gasteiger partial charge is 0.437 e. The molecule has 94 valence electrons. The Labute approximate surface area is 104 Å². The van der Waals surface area contributed by atoms with Crippen LogP contribution in [-0.2, 0) is 14.3 Å². The van der Waals surface area contributed by atoms with Crippen molar-refractivity contribution in [2.24, 2.45) is 0 Å². The average Bonchev–Trinajstić information content (AvgIpc) is 2.57. The summed E-state index contributed by atoms with van der Waals surface area (Å²) in [5.41, 5.74) is 1.14. The summed E-state index contributed by atoms with van der Waals surface area (Å²) in [4.78, 5) is 22.3. The van der Waals surface area contributed by atoms with E-state index in [0.717, 1.165) is 5.56 Å². The van der Waals surface area contributed by atoms with Crippen LogP contribution in [0.5, 0.6) is 5.75 Å². The lowest BCUT2D eigenvalue weighted by atomic mass is 10.2. The van der Waals surface area contributed by atoms with Crippen molar-refractivity contribution in [2.45, 2.75) is 20.1 Å². The highest BCUT2D eigenvalue weighted by Gasteiger charge is 2.23. The van der Waals surface area contributed by atoms with Gasteiger partial charge in [0.05, 0.1) is 0 Å². The number of hydrogen-bond acceptors (Lipinski definition) is 5. The van der Waals surface area contributed by atoms with Gasteiger partial charge in [-0.05, 0) is 30.7 Å². The lowest BCUT2D eigenvalue weighted by Crippen LogP contribution is -2.16. The van der Waals surface area contributed by atoms with Gasteiger partial charge in [-0.25, -0.2) is 4.79 Å². The Morgan fingerprint density at radius 2 is 2.28 bits per heavy atom. The van der Waals surface area contributed by atoms with Gasteiger partial charge in [0.2, 0.25) is 0 Å². The van der Waals surface area contributed by atoms with E-state index in [9.17, 15) is 9.59 Å². The van der Waals surface area contributed by atoms with Crippen molar-refractivity contribution in [2.75, 3.05) is 0 Å². The summed E-state index contributed by atoms with van der Waals surface area (Å²) in [6.45, 7) is 3.08. The number of rotatable bonds is 2. The summed E-state index contributed by atoms with van der Waals surface area (Å²) >= 11 is 0. The molecule has 1 aliphatic rings. The van der Waals surface area contributed by atoms with Gasteiger partial charge in [-0.15, -0.1) is 0 Å². The molecule has 5 heteroatoms. The topological polar surface area (TPSA) is 64.6 Å². The van der Waals surface area contributed by atoms with Crippen molar-refractivity contribution in [3.8, 4) is 5.75 Å². The first-order chi connectivity index (χ1) is 8.54. The number of ether oxygens (including phenoxy) is 2. The van der Waals surface area contributed by atoms with Gasteiger partial charge in [0.25, 0.3) is 0 Å². The molecule has 0 saturated carbocycles. The number of hydrogen-bond donors (Lipinski definition) is 1. The Hall–Kier alpha value is -2.30. The first-order valence-corrected chi connectivity index (χ1v) is 5.52. The monoisotopic (exact) mass is 247 g/mol. The Balaban J connectivity index is 2.21. The highest BCUT2D eigenvalue weighted by Crippen LogP contribution is 2.18. The normalized spacial score (nSPS) is 20.4. The number of carbonyl (C=O) groups excluding carboxylic acids is 2. The van der Waals surface area contributed by atoms with E-state index in [-0.39, 0.29) is 18.2 Å². The molecule has 18 heavy (non-hydrogen) atoms. The third-order valence-electron chi connectivity index (χ3n) is 2.29. The molecule has 5 nitrogen and oxygen atoms in total. The number of carbonyl (C=O) groups is 2. The molecule has 1 atom stereocenters. The minimum absolute atomic E-state index is 0.319. The second kappa shape index (κ2) is 4.91. The van der Waals surface area contributed by atoms with E-state index < -0.39 is 0 Å². The maximum Gasteiger partial charge on any atom is 0.356 e. The summed E-state index contributed by atoms with van der Waals surface area (Å²) in [5.74, 6) is -0.330. The van der Waals surface area contributed by atoms with Gasteiger partial charge >= 0.3 is 11.9 Å². The van der Waals surface area contributed by atoms with Gasteiger partial charge < -0.3 is 14.8 Å². The predicted octanol–water partition coefficient (Wildman–Crippen LogP) is 1.45. The van der Waals surface area contributed by atoms with Crippen molar-refractivity contribution in [3.05, 3.63) is 35.5 Å². The quantitative estimate of drug-likeness (QED) is 0.486. The Morgan fingerprint density at radius 3 is 2.89 bits per heavy atom. The summed E-state index contributed by atoms with van der Waals surface area (Å²) in [5, 5.41) is 2.89. The van der Waals surface area contributed by atoms with E-state index >= 15 is 0 Å². The van der Waals surface area contributed by atoms with Gasteiger partial charge in [-0.3, -0.25) is 4.79 Å². The van der Waals surface area contributed by atoms with Crippen LogP contribution in [0, 0.1) is 0 Å². The van der Waals surface area contributed by atoms with E-state index in [2.05, 4.69) is 5.32 Å². The van der Waals surface area contributed by atoms with Crippen LogP contribution in [0.2, 0.25) is 0 Å². The van der Waals surface area contributed by atoms with Crippen LogP contribution in [0.3, 0.4) is 0 Å². The molecule has 0 aromatic heterocycles. The molecule has 0 bridgehead atoms. The molecule has 1 N–H and O–H groups in total. The molecule has 0 spiro atoms. The lowest BCUT2D eigenvalue weighted by molar-refractivity contribution is -0.138. The number of benzene rings is 1. The highest BCUT2D eigenvalue weighted by atomic mass is 16.6. The fraction of sp³-hybridized carbons (Fsp3) is 0.231. The van der Waals surface area contributed by atoms with Crippen molar-refractivity contribution in [1.82, 2.24) is 5.32 Å². The molecule has 1 heterocycles. The van der Waals surface area contributed by atoms with Crippen LogP contribution in [0.4, 0.5) is 0 Å². The maximum atomic E-state index is 11.4. The Morgan fingerprint density at radius 1 is 1.50 bits per heavy atom. The van der Waals surface area contributed by atoms with Gasteiger partial charge in [-0.2, -0.15) is 0 Å². The minimum atomic E-state index is -0.389. The molecule has 1 saturated heterocycles. The SMILES string of the molecule is CC(=O)Oc1cccc(C=C2NC(C)OC2=O)c1. The van der Waals surface area contributed by atoms with Gasteiger partial charge in [-0.1, -0.05) is 12.1 Å². The zero-order chi connectivity index (χ0) is 13.1. The molecule has 1 aromatic carbocycles. The number of esters is 2. The van der Waals surface area contributed by atoms with E-state index in [1.54, 1.807) is 37.3 Å². The molecule has 0 aliphatic carbocycles. The fourth-order valence-corrected chi connectivity index (χ4v) is 1.63. The summed E-state index contributed by atoms with van der Waals surface area (Å²) in [6, 6.07) is 6.89. The number of cyclic esters (lactones) is 1. The molecule has 1 aliphatic heterocycles. The van der Waals surface area contributed by atoms with Crippen LogP contribution < -0.4 is 10.1 Å². The smallest absolute Gasteiger partial charge is 0.356 e. The first kappa shape index (κ1) is 12.2. The fourth-order valence-electron chi connectivity index (χ4n) is 1.63. The molecular weight excluding hydrogens is 234 g/mol. The molecule has 0 amide bonds. The van der Waals surface area contributed by atoms with Crippen molar-refractivity contribution >= 4 is 18.0 Å². The van der Waals surface area contributed by atoms with Crippen LogP contribution >= 0.6 is 0 Å². The van der Waals surface area contributed by atoms with Gasteiger partial charge in [0.1, 0.15) is 11.4 Å². The second-order valence-corrected chi connectivity index (χ2v) is 3.92. The predicted molar refractivity (Wildman–Crippen MR) is 64.4 cm³/mol. The first-order valence-electron chi connectivity index (χ1n) is 5.52. The molecule has 1 fully saturated rings. The lowest BCUT2D eigenvalue weighted by Gasteiger charge is -2.02. The zero-order valence-electron chi connectivity index (χ0n) is 10.1. The van der Waals surface area contributed by atoms with Crippen LogP contribution in [0.15, 0.2) is 30.0 Å². The Bertz CT molecular complexity index is 521. The molecule has 2 rings (SSSR count). The minimum Gasteiger partial charge on any atom is -0.437 e.